The van der Waals surface area contributed by atoms with Gasteiger partial charge in [-0.3, -0.25) is 4.79 Å². The van der Waals surface area contributed by atoms with Gasteiger partial charge in [-0.25, -0.2) is 4.98 Å². The molecule has 23 heavy (non-hydrogen) atoms. The van der Waals surface area contributed by atoms with E-state index in [2.05, 4.69) is 23.7 Å². The van der Waals surface area contributed by atoms with E-state index >= 15 is 0 Å². The highest BCUT2D eigenvalue weighted by Crippen LogP contribution is 2.24. The van der Waals surface area contributed by atoms with Gasteiger partial charge in [-0.15, -0.1) is 0 Å². The Morgan fingerprint density at radius 1 is 1.22 bits per heavy atom. The number of hydrogen-bond donors (Lipinski definition) is 3. The minimum absolute atomic E-state index is 0.0923. The fourth-order valence-corrected chi connectivity index (χ4v) is 2.20. The van der Waals surface area contributed by atoms with Crippen molar-refractivity contribution in [2.24, 2.45) is 0 Å². The second-order valence-corrected chi connectivity index (χ2v) is 5.50. The number of aliphatic carboxylic acids is 1. The first-order valence-electron chi connectivity index (χ1n) is 6.88. The van der Waals surface area contributed by atoms with E-state index in [4.69, 9.17) is 15.3 Å². The van der Waals surface area contributed by atoms with Gasteiger partial charge in [0.15, 0.2) is 5.25 Å². The van der Waals surface area contributed by atoms with Crippen molar-refractivity contribution in [3.63, 3.8) is 0 Å². The van der Waals surface area contributed by atoms with Gasteiger partial charge in [0, 0.05) is 16.5 Å². The Hall–Kier alpha value is -2.73. The lowest BCUT2D eigenvalue weighted by molar-refractivity contribution is -0.136. The van der Waals surface area contributed by atoms with Gasteiger partial charge >= 0.3 is 5.97 Å². The Kier molecular flexibility index (Phi) is 4.08. The zero-order valence-electron chi connectivity index (χ0n) is 12.0. The monoisotopic (exact) mass is 326 g/mol. The molecule has 6 heteroatoms. The Bertz CT molecular complexity index is 938. The van der Waals surface area contributed by atoms with E-state index in [1.165, 1.54) is 16.7 Å². The Morgan fingerprint density at radius 2 is 1.96 bits per heavy atom. The molecule has 0 saturated carbocycles. The number of benzene rings is 2. The number of nitrogen functional groups attached to an aromatic ring is 1. The molecule has 1 aromatic heterocycles. The molecule has 0 aliphatic heterocycles. The SMILES string of the molecule is Nc1cc2ccc1=2.O=C(O)C(S)c1nc(-c2ccccc2)co1. The van der Waals surface area contributed by atoms with Gasteiger partial charge in [-0.05, 0) is 11.3 Å². The normalized spacial score (nSPS) is 12.0. The molecule has 0 fully saturated rings. The molecule has 0 saturated heterocycles. The highest BCUT2D eigenvalue weighted by Gasteiger charge is 2.20. The maximum Gasteiger partial charge on any atom is 0.325 e. The van der Waals surface area contributed by atoms with E-state index in [1.807, 2.05) is 42.5 Å². The topological polar surface area (TPSA) is 89.4 Å². The molecule has 5 nitrogen and oxygen atoms in total. The fraction of sp³-hybridized carbons (Fsp3) is 0.0588. The molecule has 116 valence electrons. The first-order valence-corrected chi connectivity index (χ1v) is 7.39. The van der Waals surface area contributed by atoms with Crippen LogP contribution in [0, 0.1) is 10.4 Å². The van der Waals surface area contributed by atoms with Crippen LogP contribution in [-0.2, 0) is 4.79 Å². The van der Waals surface area contributed by atoms with E-state index in [0.717, 1.165) is 11.3 Å². The predicted octanol–water partition coefficient (Wildman–Crippen LogP) is 3.27. The number of carbonyl (C=O) groups is 1. The van der Waals surface area contributed by atoms with E-state index in [9.17, 15) is 4.79 Å². The van der Waals surface area contributed by atoms with Crippen LogP contribution >= 0.6 is 12.6 Å². The minimum atomic E-state index is -1.08. The summed E-state index contributed by atoms with van der Waals surface area (Å²) in [5, 5.41) is 10.3. The third kappa shape index (κ3) is 3.07. The van der Waals surface area contributed by atoms with Crippen LogP contribution in [0.4, 0.5) is 5.69 Å². The van der Waals surface area contributed by atoms with Crippen LogP contribution in [0.5, 0.6) is 0 Å². The Labute approximate surface area is 137 Å². The average molecular weight is 326 g/mol. The molecular weight excluding hydrogens is 312 g/mol. The molecule has 0 radical (unpaired) electrons. The number of hydrogen-bond acceptors (Lipinski definition) is 5. The maximum absolute atomic E-state index is 10.7. The zero-order chi connectivity index (χ0) is 16.4. The molecule has 0 bridgehead atoms. The third-order valence-corrected chi connectivity index (χ3v) is 3.86. The van der Waals surface area contributed by atoms with Crippen molar-refractivity contribution in [3.05, 3.63) is 71.1 Å². The highest BCUT2D eigenvalue weighted by atomic mass is 32.1. The lowest BCUT2D eigenvalue weighted by Gasteiger charge is -2.03. The van der Waals surface area contributed by atoms with E-state index in [1.54, 1.807) is 0 Å². The summed E-state index contributed by atoms with van der Waals surface area (Å²) < 4.78 is 5.07. The van der Waals surface area contributed by atoms with Crippen LogP contribution in [0.2, 0.25) is 0 Å². The number of carboxylic acids is 1. The van der Waals surface area contributed by atoms with Crippen LogP contribution in [0.3, 0.4) is 0 Å². The lowest BCUT2D eigenvalue weighted by atomic mass is 10.1. The molecule has 2 aliphatic rings. The van der Waals surface area contributed by atoms with E-state index < -0.39 is 11.2 Å². The quantitative estimate of drug-likeness (QED) is 0.397. The van der Waals surface area contributed by atoms with Crippen molar-refractivity contribution in [2.75, 3.05) is 5.73 Å². The van der Waals surface area contributed by atoms with E-state index in [0.29, 0.717) is 5.69 Å². The number of oxazole rings is 1. The molecule has 1 aromatic carbocycles. The van der Waals surface area contributed by atoms with Gasteiger partial charge in [-0.1, -0.05) is 42.5 Å². The molecule has 1 heterocycles. The number of thiol groups is 1. The van der Waals surface area contributed by atoms with Gasteiger partial charge in [-0.2, -0.15) is 12.6 Å². The number of carboxylic acid groups (broad SMARTS) is 1. The summed E-state index contributed by atoms with van der Waals surface area (Å²) in [5.41, 5.74) is 7.84. The smallest absolute Gasteiger partial charge is 0.325 e. The summed E-state index contributed by atoms with van der Waals surface area (Å²) in [4.78, 5) is 14.7. The summed E-state index contributed by atoms with van der Waals surface area (Å²) in [6, 6.07) is 15.5. The molecule has 2 aromatic rings. The average Bonchev–Trinajstić information content (AvgIpc) is 3.02. The Morgan fingerprint density at radius 3 is 2.39 bits per heavy atom. The highest BCUT2D eigenvalue weighted by molar-refractivity contribution is 7.81. The van der Waals surface area contributed by atoms with E-state index in [-0.39, 0.29) is 5.89 Å². The number of nitrogens with zero attached hydrogens (tertiary/aromatic N) is 1. The van der Waals surface area contributed by atoms with Gasteiger partial charge < -0.3 is 15.3 Å². The van der Waals surface area contributed by atoms with Crippen molar-refractivity contribution < 1.29 is 14.3 Å². The molecule has 2 aliphatic carbocycles. The van der Waals surface area contributed by atoms with Crippen LogP contribution in [-0.4, -0.2) is 16.1 Å². The van der Waals surface area contributed by atoms with Crippen molar-refractivity contribution in [1.29, 1.82) is 0 Å². The van der Waals surface area contributed by atoms with Gasteiger partial charge in [0.25, 0.3) is 0 Å². The molecule has 0 amide bonds. The number of anilines is 1. The van der Waals surface area contributed by atoms with Crippen LogP contribution in [0.15, 0.2) is 59.2 Å². The molecule has 4 rings (SSSR count). The van der Waals surface area contributed by atoms with Crippen molar-refractivity contribution >= 4 is 24.3 Å². The standard InChI is InChI=1S/C11H9NO3S.C6H5N/c13-11(14)9(16)10-12-8(6-15-10)7-4-2-1-3-5-7;7-6-3-4-1-2-5(4)6/h1-6,9,16H,(H,13,14);1-3H,7H2. The van der Waals surface area contributed by atoms with Gasteiger partial charge in [0.2, 0.25) is 5.89 Å². The summed E-state index contributed by atoms with van der Waals surface area (Å²) in [5.74, 6) is -0.987. The maximum atomic E-state index is 10.7. The summed E-state index contributed by atoms with van der Waals surface area (Å²) in [7, 11) is 0. The van der Waals surface area contributed by atoms with Crippen molar-refractivity contribution in [1.82, 2.24) is 4.98 Å². The second kappa shape index (κ2) is 6.18. The molecule has 1 atom stereocenters. The second-order valence-electron chi connectivity index (χ2n) is 4.98. The third-order valence-electron chi connectivity index (χ3n) is 3.42. The van der Waals surface area contributed by atoms with Crippen LogP contribution < -0.4 is 5.73 Å². The summed E-state index contributed by atoms with van der Waals surface area (Å²) >= 11 is 3.88. The van der Waals surface area contributed by atoms with Crippen molar-refractivity contribution in [3.8, 4) is 11.3 Å². The molecule has 3 N–H and O–H groups in total. The number of aromatic nitrogens is 1. The number of nitrogens with two attached hydrogens (primary N) is 1. The minimum Gasteiger partial charge on any atom is -0.480 e. The molecule has 0 spiro atoms. The van der Waals surface area contributed by atoms with Gasteiger partial charge in [0.1, 0.15) is 12.0 Å². The largest absolute Gasteiger partial charge is 0.480 e. The van der Waals surface area contributed by atoms with Gasteiger partial charge in [0.05, 0.1) is 0 Å². The Balaban J connectivity index is 0.000000183. The lowest BCUT2D eigenvalue weighted by Crippen LogP contribution is -2.05. The van der Waals surface area contributed by atoms with Crippen LogP contribution in [0.1, 0.15) is 11.1 Å². The first kappa shape index (κ1) is 15.2. The molecule has 1 unspecified atom stereocenters. The molecular formula is C17H14N2O3S. The zero-order valence-corrected chi connectivity index (χ0v) is 12.9. The van der Waals surface area contributed by atoms with Crippen LogP contribution in [0.25, 0.3) is 11.3 Å². The number of rotatable bonds is 3. The summed E-state index contributed by atoms with van der Waals surface area (Å²) in [6.07, 6.45) is 1.43. The first-order chi connectivity index (χ1) is 11.1. The summed E-state index contributed by atoms with van der Waals surface area (Å²) in [6.45, 7) is 0. The van der Waals surface area contributed by atoms with Crippen molar-refractivity contribution in [2.45, 2.75) is 5.25 Å². The predicted molar refractivity (Wildman–Crippen MR) is 89.8 cm³/mol. The fourth-order valence-electron chi connectivity index (χ4n) is 2.08.